The Balaban J connectivity index is 1.81. The highest BCUT2D eigenvalue weighted by Gasteiger charge is 2.26. The number of rotatable bonds is 5. The predicted octanol–water partition coefficient (Wildman–Crippen LogP) is 1.98. The molecule has 0 aromatic heterocycles. The zero-order valence-corrected chi connectivity index (χ0v) is 12.8. The van der Waals surface area contributed by atoms with Crippen molar-refractivity contribution in [2.75, 3.05) is 19.6 Å². The van der Waals surface area contributed by atoms with Crippen LogP contribution in [0.15, 0.2) is 18.2 Å². The molecule has 4 nitrogen and oxygen atoms in total. The fourth-order valence-electron chi connectivity index (χ4n) is 2.69. The molecule has 0 radical (unpaired) electrons. The number of likely N-dealkylation sites (tertiary alicyclic amines) is 1. The Morgan fingerprint density at radius 1 is 1.40 bits per heavy atom. The molecular formula is C15H23ClN2O2. The van der Waals surface area contributed by atoms with Crippen LogP contribution in [0.5, 0.6) is 5.75 Å². The lowest BCUT2D eigenvalue weighted by atomic mass is 10.1. The first-order valence-electron chi connectivity index (χ1n) is 6.98. The summed E-state index contributed by atoms with van der Waals surface area (Å²) >= 11 is 5.92. The van der Waals surface area contributed by atoms with E-state index in [1.165, 1.54) is 6.07 Å². The van der Waals surface area contributed by atoms with Crippen molar-refractivity contribution in [3.8, 4) is 5.75 Å². The minimum atomic E-state index is -0.645. The minimum Gasteiger partial charge on any atom is -0.508 e. The van der Waals surface area contributed by atoms with Gasteiger partial charge in [-0.2, -0.15) is 0 Å². The van der Waals surface area contributed by atoms with Crippen molar-refractivity contribution in [3.63, 3.8) is 0 Å². The molecule has 112 valence electrons. The van der Waals surface area contributed by atoms with Crippen LogP contribution in [0.1, 0.15) is 25.8 Å². The molecule has 1 aliphatic heterocycles. The van der Waals surface area contributed by atoms with Crippen molar-refractivity contribution in [2.45, 2.75) is 38.5 Å². The number of nitrogens with one attached hydrogen (secondary N) is 1. The number of benzene rings is 1. The van der Waals surface area contributed by atoms with Gasteiger partial charge in [0.15, 0.2) is 0 Å². The van der Waals surface area contributed by atoms with E-state index in [2.05, 4.69) is 10.2 Å². The Morgan fingerprint density at radius 2 is 2.15 bits per heavy atom. The van der Waals surface area contributed by atoms with Crippen LogP contribution in [-0.4, -0.2) is 46.4 Å². The van der Waals surface area contributed by atoms with Crippen LogP contribution < -0.4 is 5.32 Å². The second-order valence-electron chi connectivity index (χ2n) is 6.23. The highest BCUT2D eigenvalue weighted by Crippen LogP contribution is 2.20. The molecule has 1 fully saturated rings. The van der Waals surface area contributed by atoms with Gasteiger partial charge in [0, 0.05) is 30.7 Å². The molecule has 1 aromatic rings. The quantitative estimate of drug-likeness (QED) is 0.778. The maximum Gasteiger partial charge on any atom is 0.117 e. The molecule has 1 aliphatic rings. The van der Waals surface area contributed by atoms with E-state index in [1.807, 2.05) is 19.9 Å². The number of phenols is 1. The Kier molecular flexibility index (Phi) is 4.91. The van der Waals surface area contributed by atoms with Crippen molar-refractivity contribution in [3.05, 3.63) is 28.8 Å². The summed E-state index contributed by atoms with van der Waals surface area (Å²) < 4.78 is 0. The van der Waals surface area contributed by atoms with Crippen LogP contribution in [0.3, 0.4) is 0 Å². The van der Waals surface area contributed by atoms with E-state index in [9.17, 15) is 10.2 Å². The molecule has 1 aromatic carbocycles. The van der Waals surface area contributed by atoms with E-state index < -0.39 is 5.60 Å². The Morgan fingerprint density at radius 3 is 2.80 bits per heavy atom. The number of nitrogens with zero attached hydrogens (tertiary/aromatic N) is 1. The fraction of sp³-hybridized carbons (Fsp3) is 0.600. The van der Waals surface area contributed by atoms with Gasteiger partial charge in [0.1, 0.15) is 5.75 Å². The zero-order valence-electron chi connectivity index (χ0n) is 12.1. The lowest BCUT2D eigenvalue weighted by Crippen LogP contribution is -2.39. The van der Waals surface area contributed by atoms with E-state index in [0.29, 0.717) is 24.2 Å². The first-order valence-corrected chi connectivity index (χ1v) is 7.36. The first kappa shape index (κ1) is 15.6. The lowest BCUT2D eigenvalue weighted by Gasteiger charge is -2.25. The normalized spacial score (nSPS) is 20.5. The van der Waals surface area contributed by atoms with Crippen LogP contribution in [0.2, 0.25) is 5.02 Å². The van der Waals surface area contributed by atoms with Crippen molar-refractivity contribution < 1.29 is 10.2 Å². The number of β-amino-alcohol motifs (C(OH)–C–C–N with tert-alkyl or cyclic N) is 1. The molecule has 1 atom stereocenters. The van der Waals surface area contributed by atoms with Gasteiger partial charge in [0.2, 0.25) is 0 Å². The van der Waals surface area contributed by atoms with E-state index in [0.717, 1.165) is 25.1 Å². The molecule has 1 heterocycles. The van der Waals surface area contributed by atoms with E-state index in [-0.39, 0.29) is 5.75 Å². The number of aliphatic hydroxyl groups is 1. The number of aromatic hydroxyl groups is 1. The van der Waals surface area contributed by atoms with Gasteiger partial charge in [-0.25, -0.2) is 0 Å². The van der Waals surface area contributed by atoms with Crippen LogP contribution >= 0.6 is 11.6 Å². The molecule has 0 aliphatic carbocycles. The van der Waals surface area contributed by atoms with Crippen molar-refractivity contribution in [1.82, 2.24) is 10.2 Å². The summed E-state index contributed by atoms with van der Waals surface area (Å²) in [6.07, 6.45) is 1.07. The first-order chi connectivity index (χ1) is 9.32. The molecule has 2 rings (SSSR count). The smallest absolute Gasteiger partial charge is 0.117 e. The maximum atomic E-state index is 9.83. The Bertz CT molecular complexity index is 439. The standard InChI is InChI=1S/C15H23ClN2O2/c1-15(2,20)10-18-4-3-13(9-18)17-8-11-5-12(16)7-14(19)6-11/h5-7,13,17,19-20H,3-4,8-10H2,1-2H3/t13-/m0/s1. The number of halogens is 1. The largest absolute Gasteiger partial charge is 0.508 e. The molecule has 3 N–H and O–H groups in total. The highest BCUT2D eigenvalue weighted by molar-refractivity contribution is 6.30. The van der Waals surface area contributed by atoms with Gasteiger partial charge < -0.3 is 15.5 Å². The van der Waals surface area contributed by atoms with Crippen molar-refractivity contribution in [1.29, 1.82) is 0 Å². The third kappa shape index (κ3) is 4.94. The second-order valence-corrected chi connectivity index (χ2v) is 6.67. The van der Waals surface area contributed by atoms with Gasteiger partial charge in [0.25, 0.3) is 0 Å². The summed E-state index contributed by atoms with van der Waals surface area (Å²) in [5.41, 5.74) is 0.337. The van der Waals surface area contributed by atoms with Gasteiger partial charge in [0.05, 0.1) is 5.60 Å². The molecule has 5 heteroatoms. The lowest BCUT2D eigenvalue weighted by molar-refractivity contribution is 0.0433. The number of phenolic OH excluding ortho intramolecular Hbond substituents is 1. The molecule has 0 saturated carbocycles. The molecule has 0 spiro atoms. The van der Waals surface area contributed by atoms with Crippen LogP contribution in [0.4, 0.5) is 0 Å². The zero-order chi connectivity index (χ0) is 14.8. The fourth-order valence-corrected chi connectivity index (χ4v) is 2.94. The third-order valence-corrected chi connectivity index (χ3v) is 3.64. The average Bonchev–Trinajstić information content (AvgIpc) is 2.70. The summed E-state index contributed by atoms with van der Waals surface area (Å²) in [6, 6.07) is 5.53. The van der Waals surface area contributed by atoms with Crippen LogP contribution in [0, 0.1) is 0 Å². The molecule has 20 heavy (non-hydrogen) atoms. The topological polar surface area (TPSA) is 55.7 Å². The number of hydrogen-bond donors (Lipinski definition) is 3. The maximum absolute atomic E-state index is 9.83. The van der Waals surface area contributed by atoms with Crippen molar-refractivity contribution >= 4 is 11.6 Å². The van der Waals surface area contributed by atoms with Gasteiger partial charge in [-0.3, -0.25) is 4.90 Å². The van der Waals surface area contributed by atoms with E-state index in [4.69, 9.17) is 11.6 Å². The Hall–Kier alpha value is -0.810. The average molecular weight is 299 g/mol. The summed E-state index contributed by atoms with van der Waals surface area (Å²) in [4.78, 5) is 2.27. The van der Waals surface area contributed by atoms with Crippen LogP contribution in [0.25, 0.3) is 0 Å². The molecular weight excluding hydrogens is 276 g/mol. The minimum absolute atomic E-state index is 0.198. The van der Waals surface area contributed by atoms with Crippen molar-refractivity contribution in [2.24, 2.45) is 0 Å². The molecule has 1 saturated heterocycles. The molecule has 0 amide bonds. The van der Waals surface area contributed by atoms with Gasteiger partial charge in [-0.05, 0) is 50.6 Å². The van der Waals surface area contributed by atoms with Gasteiger partial charge in [-0.15, -0.1) is 0 Å². The summed E-state index contributed by atoms with van der Waals surface area (Å²) in [5.74, 6) is 0.198. The SMILES string of the molecule is CC(C)(O)CN1CC[C@H](NCc2cc(O)cc(Cl)c2)C1. The third-order valence-electron chi connectivity index (χ3n) is 3.42. The highest BCUT2D eigenvalue weighted by atomic mass is 35.5. The predicted molar refractivity (Wildman–Crippen MR) is 81.1 cm³/mol. The molecule has 0 bridgehead atoms. The summed E-state index contributed by atoms with van der Waals surface area (Å²) in [6.45, 7) is 7.00. The summed E-state index contributed by atoms with van der Waals surface area (Å²) in [5, 5.41) is 23.4. The van der Waals surface area contributed by atoms with E-state index in [1.54, 1.807) is 6.07 Å². The van der Waals surface area contributed by atoms with E-state index >= 15 is 0 Å². The monoisotopic (exact) mass is 298 g/mol. The second kappa shape index (κ2) is 6.31. The number of hydrogen-bond acceptors (Lipinski definition) is 4. The summed E-state index contributed by atoms with van der Waals surface area (Å²) in [7, 11) is 0. The molecule has 0 unspecified atom stereocenters. The van der Waals surface area contributed by atoms with Crippen LogP contribution in [-0.2, 0) is 6.54 Å². The van der Waals surface area contributed by atoms with Gasteiger partial charge in [-0.1, -0.05) is 11.6 Å². The van der Waals surface area contributed by atoms with Gasteiger partial charge >= 0.3 is 0 Å². The Labute approximate surface area is 125 Å².